The zero-order chi connectivity index (χ0) is 12.4. The summed E-state index contributed by atoms with van der Waals surface area (Å²) in [7, 11) is 0. The van der Waals surface area contributed by atoms with E-state index in [1.807, 2.05) is 24.3 Å². The SMILES string of the molecule is NCC(CC(=O)O)c1cc2cc(Br)ccc2o1. The summed E-state index contributed by atoms with van der Waals surface area (Å²) in [6.45, 7) is 0.257. The Morgan fingerprint density at radius 1 is 1.47 bits per heavy atom. The van der Waals surface area contributed by atoms with Gasteiger partial charge in [0.15, 0.2) is 0 Å². The van der Waals surface area contributed by atoms with Crippen LogP contribution < -0.4 is 5.73 Å². The van der Waals surface area contributed by atoms with Gasteiger partial charge in [-0.3, -0.25) is 4.79 Å². The van der Waals surface area contributed by atoms with Crippen molar-refractivity contribution in [2.24, 2.45) is 5.73 Å². The summed E-state index contributed by atoms with van der Waals surface area (Å²) in [6, 6.07) is 7.50. The van der Waals surface area contributed by atoms with Gasteiger partial charge in [-0.1, -0.05) is 15.9 Å². The second-order valence-electron chi connectivity index (χ2n) is 3.86. The average molecular weight is 298 g/mol. The molecule has 0 saturated carbocycles. The molecule has 0 radical (unpaired) electrons. The Morgan fingerprint density at radius 2 is 2.24 bits per heavy atom. The third-order valence-corrected chi connectivity index (χ3v) is 3.10. The molecule has 1 unspecified atom stereocenters. The van der Waals surface area contributed by atoms with Gasteiger partial charge in [0.05, 0.1) is 6.42 Å². The lowest BCUT2D eigenvalue weighted by molar-refractivity contribution is -0.137. The first-order valence-corrected chi connectivity index (χ1v) is 6.00. The molecule has 1 aromatic carbocycles. The number of fused-ring (bicyclic) bond motifs is 1. The zero-order valence-electron chi connectivity index (χ0n) is 9.02. The summed E-state index contributed by atoms with van der Waals surface area (Å²) in [4.78, 5) is 10.7. The highest BCUT2D eigenvalue weighted by Crippen LogP contribution is 2.28. The molecule has 0 aliphatic rings. The van der Waals surface area contributed by atoms with E-state index < -0.39 is 5.97 Å². The van der Waals surface area contributed by atoms with E-state index in [0.717, 1.165) is 15.4 Å². The Bertz CT molecular complexity index is 550. The second-order valence-corrected chi connectivity index (χ2v) is 4.78. The maximum absolute atomic E-state index is 10.7. The molecule has 0 fully saturated rings. The van der Waals surface area contributed by atoms with Gasteiger partial charge in [0, 0.05) is 22.3 Å². The molecule has 90 valence electrons. The quantitative estimate of drug-likeness (QED) is 0.910. The van der Waals surface area contributed by atoms with Crippen LogP contribution in [0.5, 0.6) is 0 Å². The minimum Gasteiger partial charge on any atom is -0.481 e. The summed E-state index contributed by atoms with van der Waals surface area (Å²) in [5.41, 5.74) is 6.31. The fourth-order valence-corrected chi connectivity index (χ4v) is 2.13. The van der Waals surface area contributed by atoms with Crippen LogP contribution in [-0.2, 0) is 4.79 Å². The van der Waals surface area contributed by atoms with E-state index in [1.54, 1.807) is 0 Å². The van der Waals surface area contributed by atoms with Crippen molar-refractivity contribution in [2.45, 2.75) is 12.3 Å². The van der Waals surface area contributed by atoms with E-state index in [1.165, 1.54) is 0 Å². The van der Waals surface area contributed by atoms with Crippen molar-refractivity contribution in [1.29, 1.82) is 0 Å². The molecule has 5 heteroatoms. The van der Waals surface area contributed by atoms with Crippen molar-refractivity contribution in [3.8, 4) is 0 Å². The highest BCUT2D eigenvalue weighted by atomic mass is 79.9. The molecule has 2 rings (SSSR count). The number of carboxylic acid groups (broad SMARTS) is 1. The number of aliphatic carboxylic acids is 1. The van der Waals surface area contributed by atoms with E-state index in [4.69, 9.17) is 15.3 Å². The van der Waals surface area contributed by atoms with Gasteiger partial charge in [-0.15, -0.1) is 0 Å². The van der Waals surface area contributed by atoms with Crippen molar-refractivity contribution in [2.75, 3.05) is 6.54 Å². The predicted molar refractivity (Wildman–Crippen MR) is 68.0 cm³/mol. The second kappa shape index (κ2) is 4.89. The predicted octanol–water partition coefficient (Wildman–Crippen LogP) is 2.71. The highest BCUT2D eigenvalue weighted by molar-refractivity contribution is 9.10. The van der Waals surface area contributed by atoms with Crippen LogP contribution in [0.4, 0.5) is 0 Å². The van der Waals surface area contributed by atoms with Crippen LogP contribution >= 0.6 is 15.9 Å². The van der Waals surface area contributed by atoms with E-state index >= 15 is 0 Å². The van der Waals surface area contributed by atoms with Gasteiger partial charge < -0.3 is 15.3 Å². The molecular formula is C12H12BrNO3. The summed E-state index contributed by atoms with van der Waals surface area (Å²) >= 11 is 3.38. The number of hydrogen-bond donors (Lipinski definition) is 2. The lowest BCUT2D eigenvalue weighted by Gasteiger charge is -2.07. The first-order valence-electron chi connectivity index (χ1n) is 5.21. The number of rotatable bonds is 4. The number of nitrogens with two attached hydrogens (primary N) is 1. The third kappa shape index (κ3) is 2.68. The Hall–Kier alpha value is -1.33. The molecule has 1 heterocycles. The summed E-state index contributed by atoms with van der Waals surface area (Å²) in [5.74, 6) is -0.524. The molecule has 1 aromatic heterocycles. The molecule has 0 spiro atoms. The molecule has 0 bridgehead atoms. The van der Waals surface area contributed by atoms with Gasteiger partial charge in [0.2, 0.25) is 0 Å². The smallest absolute Gasteiger partial charge is 0.304 e. The normalized spacial score (nSPS) is 12.8. The molecule has 4 nitrogen and oxygen atoms in total. The van der Waals surface area contributed by atoms with Crippen LogP contribution in [0, 0.1) is 0 Å². The number of benzene rings is 1. The summed E-state index contributed by atoms with van der Waals surface area (Å²) in [6.07, 6.45) is -0.0164. The largest absolute Gasteiger partial charge is 0.481 e. The monoisotopic (exact) mass is 297 g/mol. The van der Waals surface area contributed by atoms with Crippen molar-refractivity contribution >= 4 is 32.9 Å². The van der Waals surface area contributed by atoms with Gasteiger partial charge in [-0.2, -0.15) is 0 Å². The van der Waals surface area contributed by atoms with Crippen molar-refractivity contribution < 1.29 is 14.3 Å². The van der Waals surface area contributed by atoms with Crippen LogP contribution in [0.2, 0.25) is 0 Å². The fourth-order valence-electron chi connectivity index (χ4n) is 1.75. The van der Waals surface area contributed by atoms with Gasteiger partial charge in [0.1, 0.15) is 11.3 Å². The van der Waals surface area contributed by atoms with Gasteiger partial charge >= 0.3 is 5.97 Å². The van der Waals surface area contributed by atoms with Crippen LogP contribution in [0.15, 0.2) is 33.2 Å². The minimum absolute atomic E-state index is 0.0164. The number of carbonyl (C=O) groups is 1. The lowest BCUT2D eigenvalue weighted by Crippen LogP contribution is -2.15. The highest BCUT2D eigenvalue weighted by Gasteiger charge is 2.18. The van der Waals surface area contributed by atoms with Gasteiger partial charge in [0.25, 0.3) is 0 Å². The van der Waals surface area contributed by atoms with Crippen molar-refractivity contribution in [1.82, 2.24) is 0 Å². The van der Waals surface area contributed by atoms with Crippen LogP contribution in [0.3, 0.4) is 0 Å². The fraction of sp³-hybridized carbons (Fsp3) is 0.250. The van der Waals surface area contributed by atoms with Crippen molar-refractivity contribution in [3.05, 3.63) is 34.5 Å². The summed E-state index contributed by atoms with van der Waals surface area (Å²) < 4.78 is 6.57. The Morgan fingerprint density at radius 3 is 2.88 bits per heavy atom. The van der Waals surface area contributed by atoms with E-state index in [9.17, 15) is 4.79 Å². The van der Waals surface area contributed by atoms with Crippen LogP contribution in [0.25, 0.3) is 11.0 Å². The first-order chi connectivity index (χ1) is 8.10. The van der Waals surface area contributed by atoms with Crippen LogP contribution in [-0.4, -0.2) is 17.6 Å². The summed E-state index contributed by atoms with van der Waals surface area (Å²) in [5, 5.41) is 9.73. The van der Waals surface area contributed by atoms with E-state index in [2.05, 4.69) is 15.9 Å². The first kappa shape index (κ1) is 12.1. The maximum Gasteiger partial charge on any atom is 0.304 e. The molecule has 0 saturated heterocycles. The topological polar surface area (TPSA) is 76.5 Å². The average Bonchev–Trinajstić information content (AvgIpc) is 2.68. The maximum atomic E-state index is 10.7. The molecule has 0 amide bonds. The van der Waals surface area contributed by atoms with E-state index in [0.29, 0.717) is 5.76 Å². The zero-order valence-corrected chi connectivity index (χ0v) is 10.6. The number of furan rings is 1. The standard InChI is InChI=1S/C12H12BrNO3/c13-9-1-2-10-7(3-9)4-11(17-10)8(6-14)5-12(15)16/h1-4,8H,5-6,14H2,(H,15,16). The number of carboxylic acids is 1. The number of hydrogen-bond acceptors (Lipinski definition) is 3. The van der Waals surface area contributed by atoms with Crippen molar-refractivity contribution in [3.63, 3.8) is 0 Å². The Kier molecular flexibility index (Phi) is 3.49. The Balaban J connectivity index is 2.37. The molecule has 1 atom stereocenters. The number of halogens is 1. The van der Waals surface area contributed by atoms with Gasteiger partial charge in [-0.05, 0) is 24.3 Å². The van der Waals surface area contributed by atoms with E-state index in [-0.39, 0.29) is 18.9 Å². The third-order valence-electron chi connectivity index (χ3n) is 2.61. The minimum atomic E-state index is -0.873. The molecule has 3 N–H and O–H groups in total. The molecule has 0 aliphatic carbocycles. The molecule has 17 heavy (non-hydrogen) atoms. The van der Waals surface area contributed by atoms with Gasteiger partial charge in [-0.25, -0.2) is 0 Å². The Labute approximate surface area is 107 Å². The molecule has 2 aromatic rings. The molecule has 0 aliphatic heterocycles. The van der Waals surface area contributed by atoms with Crippen LogP contribution in [0.1, 0.15) is 18.1 Å². The lowest BCUT2D eigenvalue weighted by atomic mass is 10.0. The molecular weight excluding hydrogens is 286 g/mol.